The number of benzene rings is 1. The van der Waals surface area contributed by atoms with Gasteiger partial charge in [-0.05, 0) is 12.1 Å². The quantitative estimate of drug-likeness (QED) is 0.343. The van der Waals surface area contributed by atoms with Crippen LogP contribution in [0.2, 0.25) is 5.02 Å². The standard InChI is InChI=1S/C18H21ClF3N5S.HI/c1-23-17(24-7-6-16-25-15(12-28-16)18(20,21)22)27-10-8-26(9-11-27)14-5-3-2-4-13(14)19;/h2-5,12H,6-11H2,1H3,(H,23,24);1H. The van der Waals surface area contributed by atoms with Gasteiger partial charge in [-0.25, -0.2) is 4.98 Å². The number of aromatic nitrogens is 1. The van der Waals surface area contributed by atoms with Gasteiger partial charge < -0.3 is 15.1 Å². The van der Waals surface area contributed by atoms with Crippen LogP contribution in [0.25, 0.3) is 0 Å². The summed E-state index contributed by atoms with van der Waals surface area (Å²) in [6, 6.07) is 7.77. The van der Waals surface area contributed by atoms with E-state index in [1.54, 1.807) is 7.05 Å². The highest BCUT2D eigenvalue weighted by atomic mass is 127. The molecule has 0 amide bonds. The van der Waals surface area contributed by atoms with E-state index in [0.29, 0.717) is 18.0 Å². The fourth-order valence-electron chi connectivity index (χ4n) is 3.04. The van der Waals surface area contributed by atoms with Crippen molar-refractivity contribution in [2.75, 3.05) is 44.7 Å². The summed E-state index contributed by atoms with van der Waals surface area (Å²) >= 11 is 7.30. The summed E-state index contributed by atoms with van der Waals surface area (Å²) < 4.78 is 37.9. The van der Waals surface area contributed by atoms with Crippen LogP contribution in [0, 0.1) is 0 Å². The van der Waals surface area contributed by atoms with Crippen molar-refractivity contribution in [3.63, 3.8) is 0 Å². The Labute approximate surface area is 194 Å². The first kappa shape index (κ1) is 24.0. The second kappa shape index (κ2) is 10.7. The average molecular weight is 560 g/mol. The molecule has 2 aromatic rings. The van der Waals surface area contributed by atoms with Gasteiger partial charge in [0.15, 0.2) is 11.7 Å². The van der Waals surface area contributed by atoms with Gasteiger partial charge in [-0.2, -0.15) is 13.2 Å². The van der Waals surface area contributed by atoms with Crippen LogP contribution >= 0.6 is 46.9 Å². The van der Waals surface area contributed by atoms with Crippen molar-refractivity contribution in [3.8, 4) is 0 Å². The Balaban J connectivity index is 0.00000300. The third-order valence-corrected chi connectivity index (χ3v) is 5.68. The predicted molar refractivity (Wildman–Crippen MR) is 123 cm³/mol. The highest BCUT2D eigenvalue weighted by Crippen LogP contribution is 2.30. The number of hydrogen-bond donors (Lipinski definition) is 1. The maximum absolute atomic E-state index is 12.6. The van der Waals surface area contributed by atoms with Gasteiger partial charge in [0.2, 0.25) is 0 Å². The predicted octanol–water partition coefficient (Wildman–Crippen LogP) is 4.37. The molecular formula is C18H22ClF3IN5S. The van der Waals surface area contributed by atoms with E-state index >= 15 is 0 Å². The van der Waals surface area contributed by atoms with Crippen molar-refractivity contribution in [1.29, 1.82) is 0 Å². The van der Waals surface area contributed by atoms with Crippen LogP contribution < -0.4 is 10.2 Å². The molecule has 0 spiro atoms. The molecule has 1 aliphatic heterocycles. The third kappa shape index (κ3) is 6.35. The third-order valence-electron chi connectivity index (χ3n) is 4.45. The molecule has 0 atom stereocenters. The molecule has 1 aromatic heterocycles. The van der Waals surface area contributed by atoms with Crippen LogP contribution in [0.3, 0.4) is 0 Å². The van der Waals surface area contributed by atoms with Crippen molar-refractivity contribution >= 4 is 58.6 Å². The molecule has 3 rings (SSSR count). The molecule has 1 aromatic carbocycles. The van der Waals surface area contributed by atoms with E-state index in [1.807, 2.05) is 24.3 Å². The lowest BCUT2D eigenvalue weighted by molar-refractivity contribution is -0.140. The first-order valence-corrected chi connectivity index (χ1v) is 10.1. The fraction of sp³-hybridized carbons (Fsp3) is 0.444. The lowest BCUT2D eigenvalue weighted by Crippen LogP contribution is -2.52. The van der Waals surface area contributed by atoms with E-state index in [1.165, 1.54) is 0 Å². The number of nitrogens with zero attached hydrogens (tertiary/aromatic N) is 4. The molecule has 1 aliphatic rings. The number of aliphatic imine (C=N–C) groups is 1. The Morgan fingerprint density at radius 2 is 1.93 bits per heavy atom. The zero-order valence-electron chi connectivity index (χ0n) is 15.7. The molecule has 0 bridgehead atoms. The second-order valence-corrected chi connectivity index (χ2v) is 7.62. The van der Waals surface area contributed by atoms with Gasteiger partial charge in [-0.1, -0.05) is 23.7 Å². The van der Waals surface area contributed by atoms with Crippen molar-refractivity contribution in [2.24, 2.45) is 4.99 Å². The summed E-state index contributed by atoms with van der Waals surface area (Å²) in [6.45, 7) is 3.65. The molecule has 160 valence electrons. The van der Waals surface area contributed by atoms with Gasteiger partial charge in [0, 0.05) is 51.6 Å². The molecular weight excluding hydrogens is 538 g/mol. The second-order valence-electron chi connectivity index (χ2n) is 6.27. The number of halogens is 5. The maximum Gasteiger partial charge on any atom is 0.434 e. The van der Waals surface area contributed by atoms with E-state index < -0.39 is 11.9 Å². The van der Waals surface area contributed by atoms with Crippen LogP contribution in [0.5, 0.6) is 0 Å². The van der Waals surface area contributed by atoms with Gasteiger partial charge in [0.05, 0.1) is 15.7 Å². The van der Waals surface area contributed by atoms with Gasteiger partial charge in [0.1, 0.15) is 0 Å². The number of rotatable bonds is 4. The van der Waals surface area contributed by atoms with Crippen molar-refractivity contribution < 1.29 is 13.2 Å². The summed E-state index contributed by atoms with van der Waals surface area (Å²) in [5.74, 6) is 0.742. The number of guanidine groups is 1. The number of anilines is 1. The van der Waals surface area contributed by atoms with E-state index in [9.17, 15) is 13.2 Å². The van der Waals surface area contributed by atoms with Crippen LogP contribution in [-0.2, 0) is 12.6 Å². The molecule has 0 unspecified atom stereocenters. The minimum Gasteiger partial charge on any atom is -0.367 e. The number of alkyl halides is 3. The topological polar surface area (TPSA) is 43.8 Å². The Kier molecular flexibility index (Phi) is 8.83. The molecule has 5 nitrogen and oxygen atoms in total. The molecule has 29 heavy (non-hydrogen) atoms. The molecule has 0 aliphatic carbocycles. The Bertz CT molecular complexity index is 822. The lowest BCUT2D eigenvalue weighted by atomic mass is 10.2. The number of para-hydroxylation sites is 1. The van der Waals surface area contributed by atoms with E-state index in [4.69, 9.17) is 11.6 Å². The van der Waals surface area contributed by atoms with E-state index in [-0.39, 0.29) is 24.0 Å². The SMILES string of the molecule is CN=C(NCCc1nc(C(F)(F)F)cs1)N1CCN(c2ccccc2Cl)CC1.I. The lowest BCUT2D eigenvalue weighted by Gasteiger charge is -2.38. The average Bonchev–Trinajstić information content (AvgIpc) is 3.15. The molecule has 1 N–H and O–H groups in total. The molecule has 11 heteroatoms. The van der Waals surface area contributed by atoms with E-state index in [0.717, 1.165) is 59.6 Å². The minimum atomic E-state index is -4.39. The zero-order chi connectivity index (χ0) is 20.1. The summed E-state index contributed by atoms with van der Waals surface area (Å²) in [5, 5.41) is 5.47. The Hall–Kier alpha value is -1.27. The van der Waals surface area contributed by atoms with Crippen molar-refractivity contribution in [1.82, 2.24) is 15.2 Å². The van der Waals surface area contributed by atoms with Crippen LogP contribution in [0.4, 0.5) is 18.9 Å². The summed E-state index contributed by atoms with van der Waals surface area (Å²) in [7, 11) is 1.70. The molecule has 0 radical (unpaired) electrons. The maximum atomic E-state index is 12.6. The summed E-state index contributed by atoms with van der Waals surface area (Å²) in [5.41, 5.74) is 0.198. The fourth-order valence-corrected chi connectivity index (χ4v) is 4.10. The summed E-state index contributed by atoms with van der Waals surface area (Å²) in [6.07, 6.45) is -3.97. The van der Waals surface area contributed by atoms with Crippen LogP contribution in [-0.4, -0.2) is 55.6 Å². The molecule has 2 heterocycles. The van der Waals surface area contributed by atoms with Gasteiger partial charge in [0.25, 0.3) is 0 Å². The van der Waals surface area contributed by atoms with Gasteiger partial charge in [-0.15, -0.1) is 35.3 Å². The highest BCUT2D eigenvalue weighted by Gasteiger charge is 2.33. The summed E-state index contributed by atoms with van der Waals surface area (Å²) in [4.78, 5) is 12.3. The van der Waals surface area contributed by atoms with Crippen molar-refractivity contribution in [3.05, 3.63) is 45.4 Å². The molecule has 0 saturated carbocycles. The number of nitrogens with one attached hydrogen (secondary N) is 1. The smallest absolute Gasteiger partial charge is 0.367 e. The monoisotopic (exact) mass is 559 g/mol. The first-order valence-electron chi connectivity index (χ1n) is 8.85. The normalized spacial score (nSPS) is 15.3. The number of piperazine rings is 1. The zero-order valence-corrected chi connectivity index (χ0v) is 19.6. The van der Waals surface area contributed by atoms with Crippen LogP contribution in [0.1, 0.15) is 10.7 Å². The Morgan fingerprint density at radius 1 is 1.24 bits per heavy atom. The first-order chi connectivity index (χ1) is 13.4. The Morgan fingerprint density at radius 3 is 2.52 bits per heavy atom. The largest absolute Gasteiger partial charge is 0.434 e. The highest BCUT2D eigenvalue weighted by molar-refractivity contribution is 14.0. The minimum absolute atomic E-state index is 0. The van der Waals surface area contributed by atoms with Crippen molar-refractivity contribution in [2.45, 2.75) is 12.6 Å². The van der Waals surface area contributed by atoms with Gasteiger partial charge >= 0.3 is 6.18 Å². The number of thiazole rings is 1. The number of hydrogen-bond acceptors (Lipinski definition) is 4. The molecule has 1 fully saturated rings. The molecule has 1 saturated heterocycles. The van der Waals surface area contributed by atoms with Crippen LogP contribution in [0.15, 0.2) is 34.6 Å². The van der Waals surface area contributed by atoms with E-state index in [2.05, 4.69) is 25.1 Å². The van der Waals surface area contributed by atoms with Gasteiger partial charge in [-0.3, -0.25) is 4.99 Å².